The van der Waals surface area contributed by atoms with Crippen LogP contribution in [0.5, 0.6) is 0 Å². The molecule has 0 heterocycles. The minimum absolute atomic E-state index is 0.118. The van der Waals surface area contributed by atoms with E-state index in [0.717, 1.165) is 11.4 Å². The van der Waals surface area contributed by atoms with E-state index in [1.54, 1.807) is 19.2 Å². The van der Waals surface area contributed by atoms with Gasteiger partial charge >= 0.3 is 0 Å². The maximum absolute atomic E-state index is 10.9. The first kappa shape index (κ1) is 13.6. The lowest BCUT2D eigenvalue weighted by molar-refractivity contribution is -0.384. The molecule has 1 aliphatic rings. The number of nitro groups is 1. The summed E-state index contributed by atoms with van der Waals surface area (Å²) in [6.07, 6.45) is 5.10. The molecule has 0 bridgehead atoms. The SMILES string of the molecule is CNc1cc(NC(C)C2CCCC2)cc([N+](=O)[O-])c1. The molecule has 0 spiro atoms. The number of non-ortho nitro benzene ring substituents is 1. The van der Waals surface area contributed by atoms with Crippen LogP contribution in [0.3, 0.4) is 0 Å². The van der Waals surface area contributed by atoms with Crippen molar-refractivity contribution in [3.63, 3.8) is 0 Å². The molecule has 1 aliphatic carbocycles. The second kappa shape index (κ2) is 5.91. The van der Waals surface area contributed by atoms with Crippen molar-refractivity contribution in [1.29, 1.82) is 0 Å². The lowest BCUT2D eigenvalue weighted by atomic mass is 9.99. The smallest absolute Gasteiger partial charge is 0.273 e. The number of nitrogens with zero attached hydrogens (tertiary/aromatic N) is 1. The lowest BCUT2D eigenvalue weighted by Gasteiger charge is -2.21. The Morgan fingerprint density at radius 2 is 1.89 bits per heavy atom. The van der Waals surface area contributed by atoms with Gasteiger partial charge in [0.15, 0.2) is 0 Å². The zero-order valence-electron chi connectivity index (χ0n) is 11.5. The minimum Gasteiger partial charge on any atom is -0.388 e. The van der Waals surface area contributed by atoms with Gasteiger partial charge in [-0.1, -0.05) is 12.8 Å². The molecule has 0 radical (unpaired) electrons. The minimum atomic E-state index is -0.355. The summed E-state index contributed by atoms with van der Waals surface area (Å²) in [7, 11) is 1.77. The van der Waals surface area contributed by atoms with Crippen LogP contribution in [0.25, 0.3) is 0 Å². The van der Waals surface area contributed by atoms with Crippen molar-refractivity contribution < 1.29 is 4.92 Å². The van der Waals surface area contributed by atoms with E-state index in [9.17, 15) is 10.1 Å². The van der Waals surface area contributed by atoms with Gasteiger partial charge in [-0.25, -0.2) is 0 Å². The van der Waals surface area contributed by atoms with Crippen molar-refractivity contribution in [1.82, 2.24) is 0 Å². The van der Waals surface area contributed by atoms with E-state index in [-0.39, 0.29) is 10.6 Å². The molecule has 0 amide bonds. The fraction of sp³-hybridized carbons (Fsp3) is 0.571. The van der Waals surface area contributed by atoms with Crippen LogP contribution in [-0.2, 0) is 0 Å². The predicted molar refractivity (Wildman–Crippen MR) is 77.7 cm³/mol. The van der Waals surface area contributed by atoms with Crippen molar-refractivity contribution >= 4 is 17.1 Å². The Morgan fingerprint density at radius 1 is 1.26 bits per heavy atom. The molecule has 5 heteroatoms. The molecule has 1 saturated carbocycles. The molecule has 1 atom stereocenters. The van der Waals surface area contributed by atoms with E-state index in [1.165, 1.54) is 25.7 Å². The third-order valence-corrected chi connectivity index (χ3v) is 3.92. The second-order valence-electron chi connectivity index (χ2n) is 5.25. The Balaban J connectivity index is 2.14. The van der Waals surface area contributed by atoms with Crippen molar-refractivity contribution in [3.8, 4) is 0 Å². The van der Waals surface area contributed by atoms with Crippen LogP contribution in [0.2, 0.25) is 0 Å². The molecule has 2 N–H and O–H groups in total. The van der Waals surface area contributed by atoms with Gasteiger partial charge in [-0.05, 0) is 31.7 Å². The van der Waals surface area contributed by atoms with Crippen LogP contribution in [0.15, 0.2) is 18.2 Å². The molecule has 1 unspecified atom stereocenters. The first-order valence-electron chi connectivity index (χ1n) is 6.84. The van der Waals surface area contributed by atoms with Gasteiger partial charge in [-0.3, -0.25) is 10.1 Å². The van der Waals surface area contributed by atoms with Gasteiger partial charge in [0.1, 0.15) is 0 Å². The van der Waals surface area contributed by atoms with Crippen LogP contribution >= 0.6 is 0 Å². The van der Waals surface area contributed by atoms with Gasteiger partial charge in [-0.15, -0.1) is 0 Å². The summed E-state index contributed by atoms with van der Waals surface area (Å²) in [4.78, 5) is 10.6. The van der Waals surface area contributed by atoms with Gasteiger partial charge in [0.2, 0.25) is 0 Å². The molecule has 104 valence electrons. The van der Waals surface area contributed by atoms with E-state index in [2.05, 4.69) is 17.6 Å². The lowest BCUT2D eigenvalue weighted by Crippen LogP contribution is -2.23. The highest BCUT2D eigenvalue weighted by Crippen LogP contribution is 2.31. The standard InChI is InChI=1S/C14H21N3O2/c1-10(11-5-3-4-6-11)16-13-7-12(15-2)8-14(9-13)17(18)19/h7-11,15-16H,3-6H2,1-2H3. The number of benzene rings is 1. The van der Waals surface area contributed by atoms with Crippen LogP contribution in [0.4, 0.5) is 17.1 Å². The highest BCUT2D eigenvalue weighted by molar-refractivity contribution is 5.63. The largest absolute Gasteiger partial charge is 0.388 e. The third-order valence-electron chi connectivity index (χ3n) is 3.92. The van der Waals surface area contributed by atoms with Gasteiger partial charge < -0.3 is 10.6 Å². The fourth-order valence-corrected chi connectivity index (χ4v) is 2.78. The molecule has 1 fully saturated rings. The van der Waals surface area contributed by atoms with E-state index < -0.39 is 0 Å². The molecule has 0 saturated heterocycles. The van der Waals surface area contributed by atoms with Gasteiger partial charge in [0.05, 0.1) is 4.92 Å². The van der Waals surface area contributed by atoms with Crippen LogP contribution in [0, 0.1) is 16.0 Å². The predicted octanol–water partition coefficient (Wildman–Crippen LogP) is 3.63. The summed E-state index contributed by atoms with van der Waals surface area (Å²) in [5.74, 6) is 0.678. The zero-order chi connectivity index (χ0) is 13.8. The average molecular weight is 263 g/mol. The monoisotopic (exact) mass is 263 g/mol. The molecule has 19 heavy (non-hydrogen) atoms. The summed E-state index contributed by atoms with van der Waals surface area (Å²) < 4.78 is 0. The van der Waals surface area contributed by atoms with E-state index in [1.807, 2.05) is 6.07 Å². The number of nitro benzene ring substituents is 1. The average Bonchev–Trinajstić information content (AvgIpc) is 2.92. The van der Waals surface area contributed by atoms with Crippen molar-refractivity contribution in [3.05, 3.63) is 28.3 Å². The summed E-state index contributed by atoms with van der Waals surface area (Å²) >= 11 is 0. The summed E-state index contributed by atoms with van der Waals surface area (Å²) in [6.45, 7) is 2.16. The van der Waals surface area contributed by atoms with Crippen molar-refractivity contribution in [2.24, 2.45) is 5.92 Å². The van der Waals surface area contributed by atoms with Gasteiger partial charge in [0, 0.05) is 36.6 Å². The first-order valence-corrected chi connectivity index (χ1v) is 6.84. The maximum atomic E-state index is 10.9. The zero-order valence-corrected chi connectivity index (χ0v) is 11.5. The van der Waals surface area contributed by atoms with Crippen LogP contribution in [-0.4, -0.2) is 18.0 Å². The molecule has 1 aromatic rings. The van der Waals surface area contributed by atoms with E-state index in [0.29, 0.717) is 12.0 Å². The molecule has 0 aliphatic heterocycles. The number of nitrogens with one attached hydrogen (secondary N) is 2. The summed E-state index contributed by atoms with van der Waals surface area (Å²) in [5.41, 5.74) is 1.70. The Bertz CT molecular complexity index is 456. The number of anilines is 2. The number of rotatable bonds is 5. The Morgan fingerprint density at radius 3 is 2.47 bits per heavy atom. The highest BCUT2D eigenvalue weighted by atomic mass is 16.6. The molecular formula is C14H21N3O2. The third kappa shape index (κ3) is 3.36. The maximum Gasteiger partial charge on any atom is 0.273 e. The Labute approximate surface area is 113 Å². The first-order chi connectivity index (χ1) is 9.10. The van der Waals surface area contributed by atoms with Crippen molar-refractivity contribution in [2.75, 3.05) is 17.7 Å². The highest BCUT2D eigenvalue weighted by Gasteiger charge is 2.22. The Hall–Kier alpha value is -1.78. The molecular weight excluding hydrogens is 242 g/mol. The number of hydrogen-bond acceptors (Lipinski definition) is 4. The second-order valence-corrected chi connectivity index (χ2v) is 5.25. The van der Waals surface area contributed by atoms with Gasteiger partial charge in [-0.2, -0.15) is 0 Å². The summed E-state index contributed by atoms with van der Waals surface area (Å²) in [5, 5.41) is 17.3. The van der Waals surface area contributed by atoms with Gasteiger partial charge in [0.25, 0.3) is 5.69 Å². The molecule has 0 aromatic heterocycles. The van der Waals surface area contributed by atoms with E-state index >= 15 is 0 Å². The van der Waals surface area contributed by atoms with Crippen molar-refractivity contribution in [2.45, 2.75) is 38.6 Å². The fourth-order valence-electron chi connectivity index (χ4n) is 2.78. The summed E-state index contributed by atoms with van der Waals surface area (Å²) in [6, 6.07) is 5.42. The molecule has 1 aromatic carbocycles. The van der Waals surface area contributed by atoms with Crippen LogP contribution in [0.1, 0.15) is 32.6 Å². The normalized spacial score (nSPS) is 17.2. The molecule has 5 nitrogen and oxygen atoms in total. The Kier molecular flexibility index (Phi) is 4.24. The molecule has 2 rings (SSSR count). The number of hydrogen-bond donors (Lipinski definition) is 2. The van der Waals surface area contributed by atoms with E-state index in [4.69, 9.17) is 0 Å². The van der Waals surface area contributed by atoms with Crippen LogP contribution < -0.4 is 10.6 Å². The quantitative estimate of drug-likeness (QED) is 0.629. The topological polar surface area (TPSA) is 67.2 Å².